The minimum atomic E-state index is -3.12. The van der Waals surface area contributed by atoms with Crippen LogP contribution in [-0.4, -0.2) is 23.9 Å². The molecule has 6 heteroatoms. The van der Waals surface area contributed by atoms with Crippen molar-refractivity contribution in [2.24, 2.45) is 23.7 Å². The maximum absolute atomic E-state index is 14.8. The van der Waals surface area contributed by atoms with Gasteiger partial charge in [-0.25, -0.2) is 8.78 Å². The summed E-state index contributed by atoms with van der Waals surface area (Å²) in [6, 6.07) is 17.9. The van der Waals surface area contributed by atoms with Gasteiger partial charge in [-0.05, 0) is 31.2 Å². The number of carbonyl (C=O) groups is 2. The maximum atomic E-state index is 14.8. The van der Waals surface area contributed by atoms with Gasteiger partial charge < -0.3 is 4.74 Å². The molecule has 0 unspecified atom stereocenters. The van der Waals surface area contributed by atoms with Crippen molar-refractivity contribution in [1.82, 2.24) is 0 Å². The summed E-state index contributed by atoms with van der Waals surface area (Å²) in [4.78, 5) is 27.5. The highest BCUT2D eigenvalue weighted by atomic mass is 19.3. The minimum absolute atomic E-state index is 0.436. The molecule has 152 valence electrons. The number of nitrogens with zero attached hydrogens (tertiary/aromatic N) is 1. The highest BCUT2D eigenvalue weighted by Gasteiger charge is 2.62. The summed E-state index contributed by atoms with van der Waals surface area (Å²) in [6.45, 7) is 3.09. The minimum Gasteiger partial charge on any atom is -0.462 e. The van der Waals surface area contributed by atoms with Crippen molar-refractivity contribution in [1.29, 1.82) is 0 Å². The fourth-order valence-corrected chi connectivity index (χ4v) is 4.76. The van der Waals surface area contributed by atoms with E-state index in [4.69, 9.17) is 4.74 Å². The summed E-state index contributed by atoms with van der Waals surface area (Å²) in [5.74, 6) is -7.96. The van der Waals surface area contributed by atoms with Crippen LogP contribution in [0.15, 0.2) is 60.7 Å². The molecule has 0 radical (unpaired) electrons. The zero-order valence-corrected chi connectivity index (χ0v) is 16.3. The molecule has 1 saturated carbocycles. The van der Waals surface area contributed by atoms with Gasteiger partial charge in [-0.15, -0.1) is 0 Å². The van der Waals surface area contributed by atoms with Crippen LogP contribution in [-0.2, 0) is 14.3 Å². The Balaban J connectivity index is 1.81. The van der Waals surface area contributed by atoms with Crippen molar-refractivity contribution in [2.45, 2.75) is 32.3 Å². The van der Waals surface area contributed by atoms with E-state index < -0.39 is 54.0 Å². The fourth-order valence-electron chi connectivity index (χ4n) is 4.76. The zero-order valence-electron chi connectivity index (χ0n) is 16.3. The van der Waals surface area contributed by atoms with Crippen LogP contribution >= 0.6 is 0 Å². The van der Waals surface area contributed by atoms with Gasteiger partial charge >= 0.3 is 5.97 Å². The van der Waals surface area contributed by atoms with Gasteiger partial charge in [0.2, 0.25) is 5.91 Å². The Kier molecular flexibility index (Phi) is 4.89. The molecule has 1 heterocycles. The number of para-hydroxylation sites is 2. The van der Waals surface area contributed by atoms with E-state index in [1.807, 2.05) is 12.1 Å². The van der Waals surface area contributed by atoms with Crippen LogP contribution < -0.4 is 4.90 Å². The van der Waals surface area contributed by atoms with Crippen LogP contribution in [0.25, 0.3) is 0 Å². The standard InChI is InChI=1S/C23H23F2NO3/c1-14-19(20-15(2)29-22(28)18(20)13-23(14,24)25)21(27)26(16-9-5-3-6-10-16)17-11-7-4-8-12-17/h3-12,14-15,18-20H,13H2,1-2H3/t14-,15+,18+,19-,20+/m0/s1. The summed E-state index contributed by atoms with van der Waals surface area (Å²) in [5, 5.41) is 0. The van der Waals surface area contributed by atoms with Crippen molar-refractivity contribution < 1.29 is 23.1 Å². The number of benzene rings is 2. The molecule has 1 saturated heterocycles. The first-order chi connectivity index (χ1) is 13.8. The number of halogens is 2. The predicted octanol–water partition coefficient (Wildman–Crippen LogP) is 4.82. The van der Waals surface area contributed by atoms with E-state index in [1.165, 1.54) is 11.8 Å². The monoisotopic (exact) mass is 399 g/mol. The van der Waals surface area contributed by atoms with Gasteiger partial charge in [-0.3, -0.25) is 14.5 Å². The van der Waals surface area contributed by atoms with Gasteiger partial charge in [-0.1, -0.05) is 43.3 Å². The van der Waals surface area contributed by atoms with Gasteiger partial charge in [-0.2, -0.15) is 0 Å². The van der Waals surface area contributed by atoms with Crippen molar-refractivity contribution in [3.8, 4) is 0 Å². The molecule has 4 rings (SSSR count). The molecule has 4 nitrogen and oxygen atoms in total. The fraction of sp³-hybridized carbons (Fsp3) is 0.391. The molecule has 0 bridgehead atoms. The Labute approximate surface area is 168 Å². The van der Waals surface area contributed by atoms with E-state index in [0.29, 0.717) is 11.4 Å². The number of carbonyl (C=O) groups excluding carboxylic acids is 2. The van der Waals surface area contributed by atoms with Crippen LogP contribution in [0.2, 0.25) is 0 Å². The quantitative estimate of drug-likeness (QED) is 0.695. The predicted molar refractivity (Wildman–Crippen MR) is 105 cm³/mol. The Morgan fingerprint density at radius 2 is 1.52 bits per heavy atom. The van der Waals surface area contributed by atoms with Crippen LogP contribution in [0.3, 0.4) is 0 Å². The maximum Gasteiger partial charge on any atom is 0.309 e. The Bertz CT molecular complexity index is 863. The second-order valence-electron chi connectivity index (χ2n) is 7.95. The summed E-state index contributed by atoms with van der Waals surface area (Å²) >= 11 is 0. The van der Waals surface area contributed by atoms with Gasteiger partial charge in [0, 0.05) is 29.6 Å². The number of anilines is 2. The molecule has 2 aromatic carbocycles. The van der Waals surface area contributed by atoms with E-state index in [9.17, 15) is 18.4 Å². The van der Waals surface area contributed by atoms with Gasteiger partial charge in [0.15, 0.2) is 0 Å². The Hall–Kier alpha value is -2.76. The SMILES string of the molecule is C[C@H]1OC(=O)[C@@H]2CC(F)(F)[C@@H](C)[C@H](C(=O)N(c3ccccc3)c3ccccc3)[C@H]12. The number of amides is 1. The summed E-state index contributed by atoms with van der Waals surface area (Å²) in [7, 11) is 0. The third kappa shape index (κ3) is 3.30. The first-order valence-electron chi connectivity index (χ1n) is 9.83. The number of cyclic esters (lactones) is 1. The topological polar surface area (TPSA) is 46.6 Å². The largest absolute Gasteiger partial charge is 0.462 e. The molecule has 2 fully saturated rings. The summed E-state index contributed by atoms with van der Waals surface area (Å²) in [6.07, 6.45) is -1.14. The molecule has 1 aliphatic carbocycles. The van der Waals surface area contributed by atoms with Gasteiger partial charge in [0.05, 0.1) is 11.8 Å². The Morgan fingerprint density at radius 1 is 1.00 bits per heavy atom. The number of alkyl halides is 2. The van der Waals surface area contributed by atoms with E-state index in [1.54, 1.807) is 55.5 Å². The van der Waals surface area contributed by atoms with Crippen molar-refractivity contribution in [3.05, 3.63) is 60.7 Å². The number of esters is 1. The molecule has 0 N–H and O–H groups in total. The normalized spacial score (nSPS) is 30.3. The molecule has 29 heavy (non-hydrogen) atoms. The Morgan fingerprint density at radius 3 is 2.03 bits per heavy atom. The molecular weight excluding hydrogens is 376 g/mol. The van der Waals surface area contributed by atoms with Crippen molar-refractivity contribution in [2.75, 3.05) is 4.90 Å². The smallest absolute Gasteiger partial charge is 0.309 e. The lowest BCUT2D eigenvalue weighted by Crippen LogP contribution is -2.53. The second kappa shape index (κ2) is 7.25. The molecular formula is C23H23F2NO3. The summed E-state index contributed by atoms with van der Waals surface area (Å²) < 4.78 is 35.0. The van der Waals surface area contributed by atoms with E-state index in [-0.39, 0.29) is 0 Å². The molecule has 1 amide bonds. The van der Waals surface area contributed by atoms with Crippen LogP contribution in [0.1, 0.15) is 20.3 Å². The van der Waals surface area contributed by atoms with E-state index >= 15 is 0 Å². The number of rotatable bonds is 3. The molecule has 5 atom stereocenters. The number of hydrogen-bond donors (Lipinski definition) is 0. The van der Waals surface area contributed by atoms with E-state index in [0.717, 1.165) is 0 Å². The highest BCUT2D eigenvalue weighted by molar-refractivity contribution is 6.02. The average molecular weight is 399 g/mol. The number of hydrogen-bond acceptors (Lipinski definition) is 3. The third-order valence-corrected chi connectivity index (χ3v) is 6.26. The van der Waals surface area contributed by atoms with Crippen LogP contribution in [0, 0.1) is 23.7 Å². The molecule has 0 aromatic heterocycles. The second-order valence-corrected chi connectivity index (χ2v) is 7.95. The lowest BCUT2D eigenvalue weighted by atomic mass is 9.64. The van der Waals surface area contributed by atoms with Gasteiger partial charge in [0.25, 0.3) is 5.92 Å². The molecule has 2 aromatic rings. The number of fused-ring (bicyclic) bond motifs is 1. The average Bonchev–Trinajstić information content (AvgIpc) is 2.97. The summed E-state index contributed by atoms with van der Waals surface area (Å²) in [5.41, 5.74) is 1.19. The molecule has 1 aliphatic heterocycles. The first kappa shape index (κ1) is 19.6. The zero-order chi connectivity index (χ0) is 20.8. The van der Waals surface area contributed by atoms with E-state index in [2.05, 4.69) is 0 Å². The van der Waals surface area contributed by atoms with Crippen LogP contribution in [0.4, 0.5) is 20.2 Å². The number of ether oxygens (including phenoxy) is 1. The van der Waals surface area contributed by atoms with Crippen molar-refractivity contribution in [3.63, 3.8) is 0 Å². The van der Waals surface area contributed by atoms with Crippen LogP contribution in [0.5, 0.6) is 0 Å². The first-order valence-corrected chi connectivity index (χ1v) is 9.83. The molecule has 0 spiro atoms. The third-order valence-electron chi connectivity index (χ3n) is 6.26. The lowest BCUT2D eigenvalue weighted by Gasteiger charge is -2.43. The van der Waals surface area contributed by atoms with Gasteiger partial charge in [0.1, 0.15) is 6.10 Å². The molecule has 2 aliphatic rings. The highest BCUT2D eigenvalue weighted by Crippen LogP contribution is 2.53. The van der Waals surface area contributed by atoms with Crippen molar-refractivity contribution >= 4 is 23.3 Å². The lowest BCUT2D eigenvalue weighted by molar-refractivity contribution is -0.160.